The molecule has 222 valence electrons. The van der Waals surface area contributed by atoms with Gasteiger partial charge < -0.3 is 9.64 Å². The highest BCUT2D eigenvalue weighted by molar-refractivity contribution is 5.95. The van der Waals surface area contributed by atoms with Crippen LogP contribution in [0.1, 0.15) is 132 Å². The fourth-order valence-corrected chi connectivity index (χ4v) is 5.17. The van der Waals surface area contributed by atoms with Gasteiger partial charge in [-0.2, -0.15) is 13.2 Å². The number of nitrogens with zero attached hydrogens (tertiary/aromatic N) is 1. The van der Waals surface area contributed by atoms with Gasteiger partial charge in [-0.05, 0) is 31.4 Å². The van der Waals surface area contributed by atoms with E-state index in [1.54, 1.807) is 0 Å². The molecule has 0 saturated carbocycles. The molecule has 2 rings (SSSR count). The molecule has 0 aromatic heterocycles. The molecule has 0 unspecified atom stereocenters. The van der Waals surface area contributed by atoms with Gasteiger partial charge in [0, 0.05) is 13.1 Å². The van der Waals surface area contributed by atoms with Crippen LogP contribution in [0.2, 0.25) is 0 Å². The van der Waals surface area contributed by atoms with E-state index in [2.05, 4.69) is 6.92 Å². The number of halogens is 4. The molecular formula is C31H47F4NO3. The van der Waals surface area contributed by atoms with Gasteiger partial charge >= 0.3 is 12.1 Å². The number of esters is 1. The Morgan fingerprint density at radius 1 is 0.821 bits per heavy atom. The van der Waals surface area contributed by atoms with Crippen molar-refractivity contribution >= 4 is 11.9 Å². The monoisotopic (exact) mass is 557 g/mol. The molecule has 0 bridgehead atoms. The quantitative estimate of drug-likeness (QED) is 0.103. The first-order valence-corrected chi connectivity index (χ1v) is 15.1. The second-order valence-electron chi connectivity index (χ2n) is 10.8. The van der Waals surface area contributed by atoms with E-state index in [0.717, 1.165) is 31.4 Å². The molecule has 1 saturated heterocycles. The fourth-order valence-electron chi connectivity index (χ4n) is 5.17. The molecule has 1 aliphatic heterocycles. The van der Waals surface area contributed by atoms with Crippen LogP contribution in [0.25, 0.3) is 0 Å². The molecule has 1 aromatic carbocycles. The number of carbonyl (C=O) groups excluding carboxylic acids is 2. The zero-order chi connectivity index (χ0) is 28.5. The minimum atomic E-state index is -4.87. The third-order valence-corrected chi connectivity index (χ3v) is 7.64. The molecule has 4 nitrogen and oxygen atoms in total. The van der Waals surface area contributed by atoms with Gasteiger partial charge in [0.15, 0.2) is 0 Å². The Balaban J connectivity index is 1.50. The molecule has 0 spiro atoms. The minimum absolute atomic E-state index is 0.174. The average molecular weight is 558 g/mol. The maximum absolute atomic E-state index is 14.3. The average Bonchev–Trinajstić information content (AvgIpc) is 2.92. The van der Waals surface area contributed by atoms with Gasteiger partial charge in [0.2, 0.25) is 0 Å². The van der Waals surface area contributed by atoms with Crippen molar-refractivity contribution in [2.75, 3.05) is 19.7 Å². The molecule has 1 heterocycles. The van der Waals surface area contributed by atoms with Crippen molar-refractivity contribution in [1.82, 2.24) is 4.90 Å². The number of rotatable bonds is 18. The number of carbonyl (C=O) groups is 2. The van der Waals surface area contributed by atoms with Crippen LogP contribution in [0.4, 0.5) is 17.6 Å². The maximum Gasteiger partial charge on any atom is 0.419 e. The summed E-state index contributed by atoms with van der Waals surface area (Å²) in [7, 11) is 0. The fraction of sp³-hybridized carbons (Fsp3) is 0.742. The molecule has 1 fully saturated rings. The number of hydrogen-bond donors (Lipinski definition) is 0. The van der Waals surface area contributed by atoms with Gasteiger partial charge in [-0.25, -0.2) is 4.39 Å². The van der Waals surface area contributed by atoms with Gasteiger partial charge in [-0.15, -0.1) is 0 Å². The van der Waals surface area contributed by atoms with Crippen LogP contribution in [0.15, 0.2) is 18.2 Å². The van der Waals surface area contributed by atoms with E-state index >= 15 is 0 Å². The lowest BCUT2D eigenvalue weighted by atomic mass is 9.96. The summed E-state index contributed by atoms with van der Waals surface area (Å²) >= 11 is 0. The van der Waals surface area contributed by atoms with Crippen LogP contribution >= 0.6 is 0 Å². The van der Waals surface area contributed by atoms with E-state index in [4.69, 9.17) is 4.74 Å². The van der Waals surface area contributed by atoms with Crippen molar-refractivity contribution < 1.29 is 31.9 Å². The van der Waals surface area contributed by atoms with E-state index < -0.39 is 29.0 Å². The van der Waals surface area contributed by atoms with Crippen LogP contribution in [0.5, 0.6) is 0 Å². The molecule has 1 aromatic rings. The highest BCUT2D eigenvalue weighted by Gasteiger charge is 2.37. The predicted molar refractivity (Wildman–Crippen MR) is 146 cm³/mol. The summed E-state index contributed by atoms with van der Waals surface area (Å²) in [4.78, 5) is 26.3. The zero-order valence-electron chi connectivity index (χ0n) is 23.6. The molecule has 0 N–H and O–H groups in total. The normalized spacial score (nSPS) is 14.5. The Morgan fingerprint density at radius 3 is 1.79 bits per heavy atom. The van der Waals surface area contributed by atoms with Crippen LogP contribution < -0.4 is 0 Å². The smallest absolute Gasteiger partial charge is 0.419 e. The maximum atomic E-state index is 14.3. The summed E-state index contributed by atoms with van der Waals surface area (Å²) in [6, 6.07) is 2.71. The first-order valence-electron chi connectivity index (χ1n) is 15.1. The molecule has 0 aliphatic carbocycles. The van der Waals surface area contributed by atoms with Crippen LogP contribution in [-0.4, -0.2) is 36.5 Å². The Bertz CT molecular complexity index is 851. The number of unbranched alkanes of at least 4 members (excludes halogenated alkanes) is 14. The number of hydrogen-bond acceptors (Lipinski definition) is 3. The van der Waals surface area contributed by atoms with E-state index in [1.807, 2.05) is 0 Å². The molecule has 39 heavy (non-hydrogen) atoms. The van der Waals surface area contributed by atoms with E-state index in [0.29, 0.717) is 25.5 Å². The molecule has 8 heteroatoms. The van der Waals surface area contributed by atoms with Crippen molar-refractivity contribution in [3.05, 3.63) is 35.1 Å². The SMILES string of the molecule is CCCCCCCCCCCCCCCCCOC(=O)C1CCN(C(=O)c2cccc(C(F)(F)F)c2F)CC1. The predicted octanol–water partition coefficient (Wildman–Crippen LogP) is 9.11. The third kappa shape index (κ3) is 12.3. The standard InChI is InChI=1S/C31H47F4NO3/c1-2-3-4-5-6-7-8-9-10-11-12-13-14-15-16-24-39-30(38)25-20-22-36(23-21-25)29(37)26-18-17-19-27(28(26)32)31(33,34)35/h17-19,25H,2-16,20-24H2,1H3. The van der Waals surface area contributed by atoms with Crippen molar-refractivity contribution in [2.45, 2.75) is 122 Å². The lowest BCUT2D eigenvalue weighted by Crippen LogP contribution is -2.41. The number of ether oxygens (including phenoxy) is 1. The first kappa shape index (κ1) is 33.1. The van der Waals surface area contributed by atoms with Gasteiger partial charge in [-0.3, -0.25) is 9.59 Å². The molecule has 0 atom stereocenters. The summed E-state index contributed by atoms with van der Waals surface area (Å²) < 4.78 is 58.6. The van der Waals surface area contributed by atoms with Gasteiger partial charge in [0.05, 0.1) is 23.7 Å². The summed E-state index contributed by atoms with van der Waals surface area (Å²) in [6.07, 6.45) is 14.8. The van der Waals surface area contributed by atoms with Crippen molar-refractivity contribution in [2.24, 2.45) is 5.92 Å². The third-order valence-electron chi connectivity index (χ3n) is 7.64. The number of likely N-dealkylation sites (tertiary alicyclic amines) is 1. The Kier molecular flexibility index (Phi) is 15.5. The van der Waals surface area contributed by atoms with Gasteiger partial charge in [0.1, 0.15) is 5.82 Å². The molecule has 0 radical (unpaired) electrons. The number of benzene rings is 1. The lowest BCUT2D eigenvalue weighted by molar-refractivity contribution is -0.150. The zero-order valence-corrected chi connectivity index (χ0v) is 23.6. The highest BCUT2D eigenvalue weighted by Crippen LogP contribution is 2.33. The second kappa shape index (κ2) is 18.3. The summed E-state index contributed by atoms with van der Waals surface area (Å²) in [6.45, 7) is 2.98. The lowest BCUT2D eigenvalue weighted by Gasteiger charge is -2.31. The summed E-state index contributed by atoms with van der Waals surface area (Å²) in [5.74, 6) is -2.99. The van der Waals surface area contributed by atoms with Crippen LogP contribution in [0, 0.1) is 11.7 Å². The van der Waals surface area contributed by atoms with Gasteiger partial charge in [0.25, 0.3) is 5.91 Å². The van der Waals surface area contributed by atoms with E-state index in [9.17, 15) is 27.2 Å². The van der Waals surface area contributed by atoms with Crippen LogP contribution in [-0.2, 0) is 15.7 Å². The largest absolute Gasteiger partial charge is 0.465 e. The first-order chi connectivity index (χ1) is 18.8. The van der Waals surface area contributed by atoms with Crippen molar-refractivity contribution in [3.8, 4) is 0 Å². The number of amides is 1. The number of alkyl halides is 3. The minimum Gasteiger partial charge on any atom is -0.465 e. The summed E-state index contributed by atoms with van der Waals surface area (Å²) in [5.41, 5.74) is -2.05. The molecule has 1 aliphatic rings. The van der Waals surface area contributed by atoms with E-state index in [1.165, 1.54) is 81.9 Å². The van der Waals surface area contributed by atoms with Crippen molar-refractivity contribution in [1.29, 1.82) is 0 Å². The van der Waals surface area contributed by atoms with Crippen LogP contribution in [0.3, 0.4) is 0 Å². The van der Waals surface area contributed by atoms with Gasteiger partial charge in [-0.1, -0.05) is 103 Å². The summed E-state index contributed by atoms with van der Waals surface area (Å²) in [5, 5.41) is 0. The highest BCUT2D eigenvalue weighted by atomic mass is 19.4. The van der Waals surface area contributed by atoms with E-state index in [-0.39, 0.29) is 25.0 Å². The second-order valence-corrected chi connectivity index (χ2v) is 10.8. The number of piperidine rings is 1. The Hall–Kier alpha value is -2.12. The molecule has 1 amide bonds. The van der Waals surface area contributed by atoms with Crippen molar-refractivity contribution in [3.63, 3.8) is 0 Å². The Labute approximate surface area is 231 Å². The molecular weight excluding hydrogens is 510 g/mol. The Morgan fingerprint density at radius 2 is 1.31 bits per heavy atom. The topological polar surface area (TPSA) is 46.6 Å².